The van der Waals surface area contributed by atoms with E-state index in [2.05, 4.69) is 5.32 Å². The Morgan fingerprint density at radius 2 is 1.88 bits per heavy atom. The summed E-state index contributed by atoms with van der Waals surface area (Å²) in [5, 5.41) is 2.83. The Hall–Kier alpha value is -2.24. The van der Waals surface area contributed by atoms with Crippen molar-refractivity contribution >= 4 is 12.2 Å². The molecule has 2 atom stereocenters. The fourth-order valence-electron chi connectivity index (χ4n) is 2.57. The number of rotatable bonds is 3. The lowest BCUT2D eigenvalue weighted by Gasteiger charge is -2.23. The zero-order valence-electron chi connectivity index (χ0n) is 14.7. The first kappa shape index (κ1) is 18.1. The smallest absolute Gasteiger partial charge is 0.410 e. The molecule has 0 unspecified atom stereocenters. The number of likely N-dealkylation sites (tertiary alicyclic amines) is 1. The Kier molecular flexibility index (Phi) is 5.70. The molecule has 6 nitrogen and oxygen atoms in total. The molecule has 1 saturated heterocycles. The van der Waals surface area contributed by atoms with Crippen LogP contribution in [0.3, 0.4) is 0 Å². The second kappa shape index (κ2) is 7.55. The molecule has 1 aliphatic rings. The summed E-state index contributed by atoms with van der Waals surface area (Å²) in [6.45, 7) is 8.66. The highest BCUT2D eigenvalue weighted by atomic mass is 16.6. The van der Waals surface area contributed by atoms with E-state index in [1.165, 1.54) is 0 Å². The van der Waals surface area contributed by atoms with Crippen molar-refractivity contribution in [2.75, 3.05) is 13.1 Å². The van der Waals surface area contributed by atoms with Crippen molar-refractivity contribution in [1.29, 1.82) is 0 Å². The van der Waals surface area contributed by atoms with Gasteiger partial charge in [0.05, 0.1) is 6.04 Å². The van der Waals surface area contributed by atoms with Gasteiger partial charge in [0.1, 0.15) is 12.2 Å². The first-order valence-corrected chi connectivity index (χ1v) is 8.20. The number of amides is 2. The van der Waals surface area contributed by atoms with E-state index in [-0.39, 0.29) is 24.7 Å². The van der Waals surface area contributed by atoms with E-state index >= 15 is 0 Å². The van der Waals surface area contributed by atoms with Crippen LogP contribution in [0.2, 0.25) is 0 Å². The van der Waals surface area contributed by atoms with E-state index in [1.54, 1.807) is 4.90 Å². The molecule has 0 aromatic heterocycles. The van der Waals surface area contributed by atoms with Crippen molar-refractivity contribution in [3.8, 4) is 0 Å². The molecule has 1 fully saturated rings. The quantitative estimate of drug-likeness (QED) is 0.922. The van der Waals surface area contributed by atoms with Gasteiger partial charge < -0.3 is 19.7 Å². The number of benzene rings is 1. The van der Waals surface area contributed by atoms with Gasteiger partial charge in [0.2, 0.25) is 0 Å². The third-order valence-corrected chi connectivity index (χ3v) is 3.78. The fourth-order valence-corrected chi connectivity index (χ4v) is 2.57. The molecule has 132 valence electrons. The van der Waals surface area contributed by atoms with Gasteiger partial charge in [-0.25, -0.2) is 9.59 Å². The van der Waals surface area contributed by atoms with E-state index in [1.807, 2.05) is 58.0 Å². The van der Waals surface area contributed by atoms with Crippen molar-refractivity contribution in [2.45, 2.75) is 45.9 Å². The van der Waals surface area contributed by atoms with Gasteiger partial charge in [-0.05, 0) is 32.3 Å². The van der Waals surface area contributed by atoms with Gasteiger partial charge >= 0.3 is 12.2 Å². The lowest BCUT2D eigenvalue weighted by molar-refractivity contribution is 0.0495. The molecular formula is C18H26N2O4. The molecule has 0 radical (unpaired) electrons. The molecule has 0 aliphatic carbocycles. The number of carbonyl (C=O) groups excluding carboxylic acids is 2. The Morgan fingerprint density at radius 3 is 2.50 bits per heavy atom. The van der Waals surface area contributed by atoms with E-state index in [0.717, 1.165) is 5.56 Å². The second-order valence-electron chi connectivity index (χ2n) is 7.18. The van der Waals surface area contributed by atoms with E-state index < -0.39 is 11.7 Å². The van der Waals surface area contributed by atoms with Crippen LogP contribution in [-0.4, -0.2) is 41.8 Å². The molecule has 6 heteroatoms. The van der Waals surface area contributed by atoms with Crippen LogP contribution < -0.4 is 5.32 Å². The molecule has 2 rings (SSSR count). The average molecular weight is 334 g/mol. The lowest BCUT2D eigenvalue weighted by Crippen LogP contribution is -2.43. The Bertz CT molecular complexity index is 568. The van der Waals surface area contributed by atoms with Gasteiger partial charge in [0.15, 0.2) is 0 Å². The molecule has 24 heavy (non-hydrogen) atoms. The summed E-state index contributed by atoms with van der Waals surface area (Å²) in [5.74, 6) is 0.141. The third kappa shape index (κ3) is 5.44. The highest BCUT2D eigenvalue weighted by Gasteiger charge is 2.35. The van der Waals surface area contributed by atoms with Crippen molar-refractivity contribution in [3.05, 3.63) is 35.9 Å². The van der Waals surface area contributed by atoms with Crippen molar-refractivity contribution < 1.29 is 19.1 Å². The van der Waals surface area contributed by atoms with E-state index in [4.69, 9.17) is 9.47 Å². The molecule has 0 bridgehead atoms. The lowest BCUT2D eigenvalue weighted by atomic mass is 10.1. The predicted octanol–water partition coefficient (Wildman–Crippen LogP) is 3.17. The van der Waals surface area contributed by atoms with Crippen LogP contribution in [0.4, 0.5) is 9.59 Å². The molecule has 0 saturated carbocycles. The number of nitrogens with one attached hydrogen (secondary N) is 1. The summed E-state index contributed by atoms with van der Waals surface area (Å²) >= 11 is 0. The van der Waals surface area contributed by atoms with Gasteiger partial charge in [-0.1, -0.05) is 37.3 Å². The van der Waals surface area contributed by atoms with Crippen LogP contribution in [0, 0.1) is 5.92 Å². The SMILES string of the molecule is C[C@@H]1CN(C(=O)OCc2ccccc2)C[C@H]1NC(=O)OC(C)(C)C. The first-order chi connectivity index (χ1) is 11.2. The van der Waals surface area contributed by atoms with Crippen LogP contribution in [0.15, 0.2) is 30.3 Å². The number of carbonyl (C=O) groups is 2. The molecule has 1 N–H and O–H groups in total. The van der Waals surface area contributed by atoms with E-state index in [9.17, 15) is 9.59 Å². The zero-order chi connectivity index (χ0) is 17.7. The Morgan fingerprint density at radius 1 is 1.21 bits per heavy atom. The van der Waals surface area contributed by atoms with Crippen LogP contribution in [0.25, 0.3) is 0 Å². The summed E-state index contributed by atoms with van der Waals surface area (Å²) < 4.78 is 10.6. The summed E-state index contributed by atoms with van der Waals surface area (Å²) in [6, 6.07) is 9.41. The minimum Gasteiger partial charge on any atom is -0.445 e. The standard InChI is InChI=1S/C18H26N2O4/c1-13-10-20(11-15(13)19-16(21)24-18(2,3)4)17(22)23-12-14-8-6-5-7-9-14/h5-9,13,15H,10-12H2,1-4H3,(H,19,21)/t13-,15-/m1/s1. The average Bonchev–Trinajstić information content (AvgIpc) is 2.85. The van der Waals surface area contributed by atoms with Gasteiger partial charge in [0.25, 0.3) is 0 Å². The maximum absolute atomic E-state index is 12.2. The van der Waals surface area contributed by atoms with Crippen LogP contribution in [0.1, 0.15) is 33.3 Å². The van der Waals surface area contributed by atoms with Crippen LogP contribution >= 0.6 is 0 Å². The number of hydrogen-bond acceptors (Lipinski definition) is 4. The van der Waals surface area contributed by atoms with Crippen molar-refractivity contribution in [1.82, 2.24) is 10.2 Å². The molecular weight excluding hydrogens is 308 g/mol. The fraction of sp³-hybridized carbons (Fsp3) is 0.556. The van der Waals surface area contributed by atoms with Gasteiger partial charge in [-0.2, -0.15) is 0 Å². The number of hydrogen-bond donors (Lipinski definition) is 1. The summed E-state index contributed by atoms with van der Waals surface area (Å²) in [6.07, 6.45) is -0.821. The number of nitrogens with zero attached hydrogens (tertiary/aromatic N) is 1. The summed E-state index contributed by atoms with van der Waals surface area (Å²) in [4.78, 5) is 25.7. The molecule has 1 aromatic carbocycles. The number of ether oxygens (including phenoxy) is 2. The molecule has 1 heterocycles. The van der Waals surface area contributed by atoms with Crippen molar-refractivity contribution in [3.63, 3.8) is 0 Å². The first-order valence-electron chi connectivity index (χ1n) is 8.20. The normalized spacial score (nSPS) is 20.6. The monoisotopic (exact) mass is 334 g/mol. The predicted molar refractivity (Wildman–Crippen MR) is 90.5 cm³/mol. The van der Waals surface area contributed by atoms with Crippen molar-refractivity contribution in [2.24, 2.45) is 5.92 Å². The highest BCUT2D eigenvalue weighted by Crippen LogP contribution is 2.18. The third-order valence-electron chi connectivity index (χ3n) is 3.78. The molecule has 2 amide bonds. The largest absolute Gasteiger partial charge is 0.445 e. The molecule has 0 spiro atoms. The molecule has 1 aromatic rings. The minimum absolute atomic E-state index is 0.135. The minimum atomic E-state index is -0.541. The Labute approximate surface area is 143 Å². The van der Waals surface area contributed by atoms with E-state index in [0.29, 0.717) is 13.1 Å². The second-order valence-corrected chi connectivity index (χ2v) is 7.18. The van der Waals surface area contributed by atoms with Gasteiger partial charge in [-0.15, -0.1) is 0 Å². The molecule has 1 aliphatic heterocycles. The van der Waals surface area contributed by atoms with Gasteiger partial charge in [0, 0.05) is 13.1 Å². The van der Waals surface area contributed by atoms with Crippen LogP contribution in [-0.2, 0) is 16.1 Å². The highest BCUT2D eigenvalue weighted by molar-refractivity contribution is 5.70. The van der Waals surface area contributed by atoms with Crippen LogP contribution in [0.5, 0.6) is 0 Å². The number of alkyl carbamates (subject to hydrolysis) is 1. The van der Waals surface area contributed by atoms with Gasteiger partial charge in [-0.3, -0.25) is 0 Å². The topological polar surface area (TPSA) is 67.9 Å². The Balaban J connectivity index is 1.81. The maximum atomic E-state index is 12.2. The summed E-state index contributed by atoms with van der Waals surface area (Å²) in [5.41, 5.74) is 0.404. The maximum Gasteiger partial charge on any atom is 0.410 e. The summed E-state index contributed by atoms with van der Waals surface area (Å²) in [7, 11) is 0. The zero-order valence-corrected chi connectivity index (χ0v) is 14.7.